The zero-order valence-corrected chi connectivity index (χ0v) is 7.12. The highest BCUT2D eigenvalue weighted by Crippen LogP contribution is 2.09. The molecule has 1 radical (unpaired) electrons. The van der Waals surface area contributed by atoms with Crippen LogP contribution in [0.3, 0.4) is 0 Å². The van der Waals surface area contributed by atoms with Crippen molar-refractivity contribution in [2.45, 2.75) is 6.42 Å². The average molecular weight is 176 g/mol. The lowest BCUT2D eigenvalue weighted by atomic mass is 10.0. The van der Waals surface area contributed by atoms with Crippen molar-refractivity contribution in [1.82, 2.24) is 0 Å². The number of carbonyl (C=O) groups excluding carboxylic acids is 2. The summed E-state index contributed by atoms with van der Waals surface area (Å²) in [5.41, 5.74) is 5.98. The molecule has 1 rings (SSSR count). The number of hydrogen-bond donors (Lipinski definition) is 1. The third-order valence-corrected chi connectivity index (χ3v) is 1.65. The first-order valence-corrected chi connectivity index (χ1v) is 3.83. The molecule has 1 aromatic rings. The van der Waals surface area contributed by atoms with Crippen LogP contribution in [0.5, 0.6) is 0 Å². The van der Waals surface area contributed by atoms with E-state index in [2.05, 4.69) is 6.92 Å². The van der Waals surface area contributed by atoms with Crippen molar-refractivity contribution in [1.29, 1.82) is 0 Å². The van der Waals surface area contributed by atoms with E-state index in [1.165, 1.54) is 0 Å². The van der Waals surface area contributed by atoms with E-state index in [4.69, 9.17) is 5.73 Å². The van der Waals surface area contributed by atoms with Crippen molar-refractivity contribution < 1.29 is 9.59 Å². The van der Waals surface area contributed by atoms with Gasteiger partial charge in [0, 0.05) is 5.56 Å². The second-order valence-electron chi connectivity index (χ2n) is 2.72. The second kappa shape index (κ2) is 3.85. The SMILES string of the molecule is [CH2]c1ccccc1C(=O)CC(N)=O. The van der Waals surface area contributed by atoms with Crippen LogP contribution in [0.2, 0.25) is 0 Å². The fraction of sp³-hybridized carbons (Fsp3) is 0.100. The van der Waals surface area contributed by atoms with E-state index in [-0.39, 0.29) is 12.2 Å². The third-order valence-electron chi connectivity index (χ3n) is 1.65. The minimum absolute atomic E-state index is 0.257. The van der Waals surface area contributed by atoms with Crippen LogP contribution in [0.4, 0.5) is 0 Å². The van der Waals surface area contributed by atoms with Crippen molar-refractivity contribution in [2.24, 2.45) is 5.73 Å². The van der Waals surface area contributed by atoms with E-state index >= 15 is 0 Å². The number of amides is 1. The smallest absolute Gasteiger partial charge is 0.225 e. The predicted molar refractivity (Wildman–Crippen MR) is 49.0 cm³/mol. The van der Waals surface area contributed by atoms with Crippen molar-refractivity contribution in [2.75, 3.05) is 0 Å². The molecule has 0 bridgehead atoms. The van der Waals surface area contributed by atoms with Gasteiger partial charge in [-0.05, 0) is 12.5 Å². The summed E-state index contributed by atoms with van der Waals surface area (Å²) in [4.78, 5) is 21.8. The Bertz CT molecular complexity index is 345. The molecule has 0 saturated heterocycles. The summed E-state index contributed by atoms with van der Waals surface area (Å²) < 4.78 is 0. The Hall–Kier alpha value is -1.64. The van der Waals surface area contributed by atoms with E-state index in [9.17, 15) is 9.59 Å². The minimum Gasteiger partial charge on any atom is -0.369 e. The Labute approximate surface area is 76.6 Å². The maximum Gasteiger partial charge on any atom is 0.225 e. The van der Waals surface area contributed by atoms with E-state index in [1.807, 2.05) is 0 Å². The number of hydrogen-bond acceptors (Lipinski definition) is 2. The monoisotopic (exact) mass is 176 g/mol. The van der Waals surface area contributed by atoms with Crippen molar-refractivity contribution in [3.05, 3.63) is 42.3 Å². The molecule has 2 N–H and O–H groups in total. The second-order valence-corrected chi connectivity index (χ2v) is 2.72. The van der Waals surface area contributed by atoms with Crippen LogP contribution in [-0.4, -0.2) is 11.7 Å². The molecule has 0 spiro atoms. The summed E-state index contributed by atoms with van der Waals surface area (Å²) in [7, 11) is 0. The first kappa shape index (κ1) is 9.45. The largest absolute Gasteiger partial charge is 0.369 e. The molecule has 0 saturated carbocycles. The molecule has 3 nitrogen and oxygen atoms in total. The molecule has 67 valence electrons. The van der Waals surface area contributed by atoms with Crippen molar-refractivity contribution >= 4 is 11.7 Å². The molecule has 0 heterocycles. The van der Waals surface area contributed by atoms with Gasteiger partial charge in [0.15, 0.2) is 5.78 Å². The highest BCUT2D eigenvalue weighted by molar-refractivity contribution is 6.07. The Morgan fingerprint density at radius 2 is 1.92 bits per heavy atom. The number of Topliss-reactive ketones (excluding diaryl/α,β-unsaturated/α-hetero) is 1. The Balaban J connectivity index is 2.89. The standard InChI is InChI=1S/C10H10NO2/c1-7-4-2-3-5-8(7)9(12)6-10(11)13/h2-5H,1,6H2,(H2,11,13). The molecule has 0 aliphatic rings. The number of nitrogens with two attached hydrogens (primary N) is 1. The average Bonchev–Trinajstić information content (AvgIpc) is 2.03. The van der Waals surface area contributed by atoms with Gasteiger partial charge in [-0.25, -0.2) is 0 Å². The lowest BCUT2D eigenvalue weighted by molar-refractivity contribution is -0.117. The molecule has 0 aromatic heterocycles. The van der Waals surface area contributed by atoms with Gasteiger partial charge >= 0.3 is 0 Å². The Morgan fingerprint density at radius 1 is 1.31 bits per heavy atom. The van der Waals surface area contributed by atoms with Crippen molar-refractivity contribution in [3.63, 3.8) is 0 Å². The summed E-state index contributed by atoms with van der Waals surface area (Å²) in [6.45, 7) is 3.68. The number of carbonyl (C=O) groups is 2. The van der Waals surface area contributed by atoms with Crippen molar-refractivity contribution in [3.8, 4) is 0 Å². The van der Waals surface area contributed by atoms with Gasteiger partial charge in [-0.15, -0.1) is 0 Å². The normalized spacial score (nSPS) is 9.62. The summed E-state index contributed by atoms with van der Waals surface area (Å²) >= 11 is 0. The summed E-state index contributed by atoms with van der Waals surface area (Å²) in [6.07, 6.45) is -0.257. The van der Waals surface area contributed by atoms with Crippen LogP contribution in [0.15, 0.2) is 24.3 Å². The zero-order chi connectivity index (χ0) is 9.84. The Morgan fingerprint density at radius 3 is 2.46 bits per heavy atom. The van der Waals surface area contributed by atoms with Gasteiger partial charge in [0.1, 0.15) is 0 Å². The highest BCUT2D eigenvalue weighted by Gasteiger charge is 2.10. The van der Waals surface area contributed by atoms with Crippen LogP contribution < -0.4 is 5.73 Å². The predicted octanol–water partition coefficient (Wildman–Crippen LogP) is 0.927. The van der Waals surface area contributed by atoms with E-state index in [1.54, 1.807) is 24.3 Å². The van der Waals surface area contributed by atoms with E-state index < -0.39 is 5.91 Å². The molecule has 0 aliphatic carbocycles. The zero-order valence-electron chi connectivity index (χ0n) is 7.12. The maximum absolute atomic E-state index is 11.3. The van der Waals surface area contributed by atoms with Gasteiger partial charge in [0.2, 0.25) is 5.91 Å². The minimum atomic E-state index is -0.617. The van der Waals surface area contributed by atoms with Crippen LogP contribution in [0, 0.1) is 6.92 Å². The molecule has 1 amide bonds. The van der Waals surface area contributed by atoms with E-state index in [0.29, 0.717) is 11.1 Å². The van der Waals surface area contributed by atoms with Gasteiger partial charge in [-0.3, -0.25) is 9.59 Å². The number of primary amides is 1. The summed E-state index contributed by atoms with van der Waals surface area (Å²) in [6, 6.07) is 6.86. The van der Waals surface area contributed by atoms with Crippen LogP contribution in [0.25, 0.3) is 0 Å². The topological polar surface area (TPSA) is 60.2 Å². The van der Waals surface area contributed by atoms with Crippen LogP contribution in [-0.2, 0) is 4.79 Å². The first-order valence-electron chi connectivity index (χ1n) is 3.83. The third kappa shape index (κ3) is 2.40. The summed E-state index contributed by atoms with van der Waals surface area (Å²) in [5, 5.41) is 0. The molecule has 0 unspecified atom stereocenters. The van der Waals surface area contributed by atoms with Gasteiger partial charge in [-0.1, -0.05) is 24.3 Å². The molecule has 0 fully saturated rings. The van der Waals surface area contributed by atoms with Gasteiger partial charge in [-0.2, -0.15) is 0 Å². The fourth-order valence-electron chi connectivity index (χ4n) is 1.05. The van der Waals surface area contributed by atoms with Gasteiger partial charge in [0.05, 0.1) is 6.42 Å². The summed E-state index contributed by atoms with van der Waals surface area (Å²) in [5.74, 6) is -0.897. The number of benzene rings is 1. The molecule has 0 atom stereocenters. The van der Waals surface area contributed by atoms with Gasteiger partial charge in [0.25, 0.3) is 0 Å². The van der Waals surface area contributed by atoms with Crippen LogP contribution >= 0.6 is 0 Å². The number of ketones is 1. The molecule has 0 aliphatic heterocycles. The van der Waals surface area contributed by atoms with Gasteiger partial charge < -0.3 is 5.73 Å². The lowest BCUT2D eigenvalue weighted by Crippen LogP contribution is -2.16. The lowest BCUT2D eigenvalue weighted by Gasteiger charge is -2.01. The first-order chi connectivity index (χ1) is 6.11. The fourth-order valence-corrected chi connectivity index (χ4v) is 1.05. The molecular weight excluding hydrogens is 166 g/mol. The molecule has 3 heteroatoms. The number of rotatable bonds is 3. The van der Waals surface area contributed by atoms with E-state index in [0.717, 1.165) is 0 Å². The molecule has 1 aromatic carbocycles. The molecular formula is C10H10NO2. The van der Waals surface area contributed by atoms with Crippen LogP contribution in [0.1, 0.15) is 22.3 Å². The molecule has 13 heavy (non-hydrogen) atoms. The quantitative estimate of drug-likeness (QED) is 0.550. The highest BCUT2D eigenvalue weighted by atomic mass is 16.2. The Kier molecular flexibility index (Phi) is 2.80. The maximum atomic E-state index is 11.3.